The molecule has 2 aliphatic heterocycles. The second-order valence-electron chi connectivity index (χ2n) is 6.02. The van der Waals surface area contributed by atoms with Gasteiger partial charge in [0.05, 0.1) is 36.8 Å². The van der Waals surface area contributed by atoms with Gasteiger partial charge in [-0.25, -0.2) is 8.42 Å². The molecule has 0 radical (unpaired) electrons. The lowest BCUT2D eigenvalue weighted by Gasteiger charge is -2.26. The topological polar surface area (TPSA) is 113 Å². The second kappa shape index (κ2) is 7.28. The van der Waals surface area contributed by atoms with E-state index < -0.39 is 21.7 Å². The van der Waals surface area contributed by atoms with Gasteiger partial charge in [0.25, 0.3) is 0 Å². The Morgan fingerprint density at radius 1 is 1.31 bits per heavy atom. The molecule has 2 atom stereocenters. The van der Waals surface area contributed by atoms with Gasteiger partial charge >= 0.3 is 5.97 Å². The molecule has 2 aliphatic rings. The molecule has 2 heterocycles. The van der Waals surface area contributed by atoms with Crippen LogP contribution in [0.2, 0.25) is 0 Å². The van der Waals surface area contributed by atoms with Gasteiger partial charge in [0.2, 0.25) is 5.91 Å². The predicted molar refractivity (Wildman–Crippen MR) is 98.6 cm³/mol. The smallest absolute Gasteiger partial charge is 0.303 e. The summed E-state index contributed by atoms with van der Waals surface area (Å²) in [5, 5.41) is 8.87. The summed E-state index contributed by atoms with van der Waals surface area (Å²) >= 11 is 1.24. The number of amides is 1. The van der Waals surface area contributed by atoms with Crippen LogP contribution in [0.15, 0.2) is 29.3 Å². The molecule has 1 aromatic carbocycles. The van der Waals surface area contributed by atoms with Gasteiger partial charge in [-0.15, -0.1) is 0 Å². The Morgan fingerprint density at radius 3 is 2.73 bits per heavy atom. The maximum Gasteiger partial charge on any atom is 0.303 e. The van der Waals surface area contributed by atoms with Crippen molar-refractivity contribution >= 4 is 44.3 Å². The number of aliphatic imine (C=N–C) groups is 1. The lowest BCUT2D eigenvalue weighted by molar-refractivity contribution is -0.138. The molecule has 0 aromatic heterocycles. The first-order valence-electron chi connectivity index (χ1n) is 7.93. The fraction of sp³-hybridized carbons (Fsp3) is 0.438. The summed E-state index contributed by atoms with van der Waals surface area (Å²) in [6, 6.07) is 6.78. The number of para-hydroxylation sites is 2. The number of fused-ring (bicyclic) bond motifs is 1. The van der Waals surface area contributed by atoms with Crippen molar-refractivity contribution in [1.82, 2.24) is 0 Å². The van der Waals surface area contributed by atoms with Gasteiger partial charge in [-0.1, -0.05) is 23.9 Å². The number of nitrogens with zero attached hydrogens (tertiary/aromatic N) is 2. The number of rotatable bonds is 5. The van der Waals surface area contributed by atoms with Crippen molar-refractivity contribution in [3.63, 3.8) is 0 Å². The molecule has 140 valence electrons. The van der Waals surface area contributed by atoms with Crippen molar-refractivity contribution in [3.05, 3.63) is 24.3 Å². The highest BCUT2D eigenvalue weighted by Crippen LogP contribution is 2.43. The van der Waals surface area contributed by atoms with Gasteiger partial charge in [0, 0.05) is 11.7 Å². The molecule has 0 aliphatic carbocycles. The minimum atomic E-state index is -3.16. The van der Waals surface area contributed by atoms with E-state index in [2.05, 4.69) is 4.99 Å². The van der Waals surface area contributed by atoms with E-state index in [0.717, 1.165) is 0 Å². The van der Waals surface area contributed by atoms with Crippen molar-refractivity contribution in [1.29, 1.82) is 0 Å². The molecular formula is C16H18N2O6S2. The normalized spacial score (nSPS) is 25.3. The number of carboxylic acid groups (broad SMARTS) is 1. The molecule has 2 fully saturated rings. The van der Waals surface area contributed by atoms with E-state index in [9.17, 15) is 18.0 Å². The molecule has 0 bridgehead atoms. The van der Waals surface area contributed by atoms with Crippen LogP contribution in [0.25, 0.3) is 0 Å². The van der Waals surface area contributed by atoms with Crippen LogP contribution in [0.3, 0.4) is 0 Å². The van der Waals surface area contributed by atoms with Crippen molar-refractivity contribution in [2.24, 2.45) is 4.99 Å². The molecule has 8 nitrogen and oxygen atoms in total. The summed E-state index contributed by atoms with van der Waals surface area (Å²) in [5.41, 5.74) is 0.636. The average Bonchev–Trinajstić information content (AvgIpc) is 3.03. The fourth-order valence-corrected chi connectivity index (χ4v) is 6.98. The average molecular weight is 398 g/mol. The van der Waals surface area contributed by atoms with Crippen LogP contribution in [-0.2, 0) is 19.4 Å². The number of hydrogen-bond acceptors (Lipinski definition) is 6. The van der Waals surface area contributed by atoms with Gasteiger partial charge in [0.1, 0.15) is 5.75 Å². The monoisotopic (exact) mass is 398 g/mol. The van der Waals surface area contributed by atoms with Crippen LogP contribution in [0.1, 0.15) is 12.8 Å². The van der Waals surface area contributed by atoms with Crippen LogP contribution >= 0.6 is 11.8 Å². The number of ether oxygens (including phenoxy) is 1. The van der Waals surface area contributed by atoms with E-state index in [-0.39, 0.29) is 35.6 Å². The first-order chi connectivity index (χ1) is 12.3. The zero-order chi connectivity index (χ0) is 18.9. The zero-order valence-corrected chi connectivity index (χ0v) is 15.6. The third-order valence-corrected chi connectivity index (χ3v) is 7.39. The van der Waals surface area contributed by atoms with E-state index in [4.69, 9.17) is 9.84 Å². The van der Waals surface area contributed by atoms with Gasteiger partial charge in [0.15, 0.2) is 15.0 Å². The van der Waals surface area contributed by atoms with Crippen LogP contribution in [0.4, 0.5) is 5.69 Å². The molecule has 2 unspecified atom stereocenters. The number of carbonyl (C=O) groups excluding carboxylic acids is 1. The number of anilines is 1. The molecule has 3 rings (SSSR count). The number of benzene rings is 1. The Bertz CT molecular complexity index is 867. The van der Waals surface area contributed by atoms with Crippen molar-refractivity contribution in [3.8, 4) is 5.75 Å². The van der Waals surface area contributed by atoms with Crippen LogP contribution in [0, 0.1) is 0 Å². The molecule has 0 spiro atoms. The van der Waals surface area contributed by atoms with Crippen molar-refractivity contribution in [2.45, 2.75) is 24.1 Å². The molecule has 1 N–H and O–H groups in total. The van der Waals surface area contributed by atoms with Gasteiger partial charge < -0.3 is 14.7 Å². The number of amidine groups is 1. The summed E-state index contributed by atoms with van der Waals surface area (Å²) in [5.74, 6) is -1.06. The van der Waals surface area contributed by atoms with Gasteiger partial charge in [-0.2, -0.15) is 4.99 Å². The Morgan fingerprint density at radius 2 is 2.04 bits per heavy atom. The molecule has 10 heteroatoms. The van der Waals surface area contributed by atoms with Gasteiger partial charge in [-0.05, 0) is 12.1 Å². The number of carbonyl (C=O) groups is 2. The molecule has 1 aromatic rings. The summed E-state index contributed by atoms with van der Waals surface area (Å²) in [4.78, 5) is 28.5. The minimum absolute atomic E-state index is 0.0228. The summed E-state index contributed by atoms with van der Waals surface area (Å²) in [6.07, 6.45) is -0.497. The number of sulfone groups is 1. The number of carboxylic acids is 1. The number of thioether (sulfide) groups is 1. The first-order valence-corrected chi connectivity index (χ1v) is 10.6. The standard InChI is InChI=1S/C16H18N2O6S2/c1-24-12-5-3-2-4-10(12)18-11-8-26(22,23)9-13(11)25-16(18)17-14(19)6-7-15(20)21/h2-5,11,13H,6-9H2,1H3,(H,20,21). The lowest BCUT2D eigenvalue weighted by Crippen LogP contribution is -2.38. The van der Waals surface area contributed by atoms with Crippen molar-refractivity contribution < 1.29 is 27.9 Å². The largest absolute Gasteiger partial charge is 0.495 e. The minimum Gasteiger partial charge on any atom is -0.495 e. The number of methoxy groups -OCH3 is 1. The Balaban J connectivity index is 1.96. The van der Waals surface area contributed by atoms with E-state index >= 15 is 0 Å². The SMILES string of the molecule is COc1ccccc1N1C(=NC(=O)CCC(=O)O)SC2CS(=O)(=O)CC21. The summed E-state index contributed by atoms with van der Waals surface area (Å²) in [7, 11) is -1.65. The van der Waals surface area contributed by atoms with E-state index in [0.29, 0.717) is 16.6 Å². The van der Waals surface area contributed by atoms with Crippen LogP contribution in [0.5, 0.6) is 5.75 Å². The third-order valence-electron chi connectivity index (χ3n) is 4.18. The number of aliphatic carboxylic acids is 1. The molecule has 0 saturated carbocycles. The quantitative estimate of drug-likeness (QED) is 0.786. The second-order valence-corrected chi connectivity index (χ2v) is 9.38. The Hall–Kier alpha value is -2.07. The zero-order valence-electron chi connectivity index (χ0n) is 14.0. The summed E-state index contributed by atoms with van der Waals surface area (Å²) in [6.45, 7) is 0. The maximum absolute atomic E-state index is 12.0. The van der Waals surface area contributed by atoms with Crippen LogP contribution in [-0.4, -0.2) is 60.5 Å². The highest BCUT2D eigenvalue weighted by molar-refractivity contribution is 8.16. The Kier molecular flexibility index (Phi) is 5.24. The predicted octanol–water partition coefficient (Wildman–Crippen LogP) is 1.16. The van der Waals surface area contributed by atoms with Gasteiger partial charge in [-0.3, -0.25) is 9.59 Å². The van der Waals surface area contributed by atoms with E-state index in [1.807, 2.05) is 0 Å². The molecule has 26 heavy (non-hydrogen) atoms. The molecular weight excluding hydrogens is 380 g/mol. The van der Waals surface area contributed by atoms with Crippen molar-refractivity contribution in [2.75, 3.05) is 23.5 Å². The fourth-order valence-electron chi connectivity index (χ4n) is 3.05. The first kappa shape index (κ1) is 18.7. The van der Waals surface area contributed by atoms with E-state index in [1.54, 1.807) is 29.2 Å². The lowest BCUT2D eigenvalue weighted by atomic mass is 10.2. The van der Waals surface area contributed by atoms with Crippen LogP contribution < -0.4 is 9.64 Å². The Labute approximate surface area is 155 Å². The molecule has 1 amide bonds. The maximum atomic E-state index is 12.0. The third kappa shape index (κ3) is 3.85. The van der Waals surface area contributed by atoms with E-state index in [1.165, 1.54) is 18.9 Å². The summed E-state index contributed by atoms with van der Waals surface area (Å²) < 4.78 is 29.4. The highest BCUT2D eigenvalue weighted by Gasteiger charge is 2.49. The highest BCUT2D eigenvalue weighted by atomic mass is 32.2. The molecule has 2 saturated heterocycles. The number of hydrogen-bond donors (Lipinski definition) is 1.